The van der Waals surface area contributed by atoms with Crippen LogP contribution in [0.15, 0.2) is 42.9 Å². The van der Waals surface area contributed by atoms with Gasteiger partial charge in [0.05, 0.1) is 17.9 Å². The standard InChI is InChI=1S/C20H22N6/c1-3-14-4-5-16(23-10-14)13-26(2)20-17-11-22-12-18(17)24-19(25-20)15-6-8-21-9-7-15/h4-10,22H,3,11-13H2,1-2H3. The maximum Gasteiger partial charge on any atom is 0.161 e. The third kappa shape index (κ3) is 3.28. The maximum atomic E-state index is 4.86. The van der Waals surface area contributed by atoms with Crippen LogP contribution < -0.4 is 10.2 Å². The number of aromatic nitrogens is 4. The normalized spacial score (nSPS) is 12.8. The lowest BCUT2D eigenvalue weighted by Gasteiger charge is -2.21. The first-order chi connectivity index (χ1) is 12.7. The Morgan fingerprint density at radius 3 is 2.65 bits per heavy atom. The lowest BCUT2D eigenvalue weighted by Crippen LogP contribution is -2.21. The Morgan fingerprint density at radius 1 is 1.08 bits per heavy atom. The number of nitrogens with one attached hydrogen (secondary N) is 1. The highest BCUT2D eigenvalue weighted by Crippen LogP contribution is 2.28. The van der Waals surface area contributed by atoms with Crippen LogP contribution in [-0.4, -0.2) is 27.0 Å². The van der Waals surface area contributed by atoms with Gasteiger partial charge < -0.3 is 10.2 Å². The van der Waals surface area contributed by atoms with Gasteiger partial charge in [-0.25, -0.2) is 9.97 Å². The molecule has 0 bridgehead atoms. The third-order valence-electron chi connectivity index (χ3n) is 4.66. The highest BCUT2D eigenvalue weighted by molar-refractivity contribution is 5.60. The summed E-state index contributed by atoms with van der Waals surface area (Å²) in [5.74, 6) is 1.71. The lowest BCUT2D eigenvalue weighted by atomic mass is 10.2. The van der Waals surface area contributed by atoms with E-state index in [4.69, 9.17) is 9.97 Å². The predicted octanol–water partition coefficient (Wildman–Crippen LogP) is 2.74. The highest BCUT2D eigenvalue weighted by Gasteiger charge is 2.22. The number of rotatable bonds is 5. The van der Waals surface area contributed by atoms with Crippen LogP contribution in [0.1, 0.15) is 29.4 Å². The van der Waals surface area contributed by atoms with Crippen LogP contribution in [0.3, 0.4) is 0 Å². The molecule has 0 aliphatic carbocycles. The highest BCUT2D eigenvalue weighted by atomic mass is 15.2. The fourth-order valence-corrected chi connectivity index (χ4v) is 3.17. The van der Waals surface area contributed by atoms with Crippen LogP contribution in [0.2, 0.25) is 0 Å². The van der Waals surface area contributed by atoms with Gasteiger partial charge in [-0.15, -0.1) is 0 Å². The average Bonchev–Trinajstić information content (AvgIpc) is 3.17. The van der Waals surface area contributed by atoms with Crippen molar-refractivity contribution in [1.82, 2.24) is 25.3 Å². The molecule has 0 fully saturated rings. The zero-order valence-electron chi connectivity index (χ0n) is 15.1. The summed E-state index contributed by atoms with van der Waals surface area (Å²) in [6.45, 7) is 4.43. The molecule has 132 valence electrons. The van der Waals surface area contributed by atoms with E-state index in [1.807, 2.05) is 18.3 Å². The van der Waals surface area contributed by atoms with Gasteiger partial charge in [0, 0.05) is 49.9 Å². The molecule has 0 spiro atoms. The minimum atomic E-state index is 0.712. The monoisotopic (exact) mass is 346 g/mol. The summed E-state index contributed by atoms with van der Waals surface area (Å²) in [6.07, 6.45) is 6.50. The lowest BCUT2D eigenvalue weighted by molar-refractivity contribution is 0.756. The largest absolute Gasteiger partial charge is 0.353 e. The van der Waals surface area contributed by atoms with Crippen molar-refractivity contribution in [1.29, 1.82) is 0 Å². The molecule has 26 heavy (non-hydrogen) atoms. The maximum absolute atomic E-state index is 4.86. The molecule has 1 N–H and O–H groups in total. The molecular weight excluding hydrogens is 324 g/mol. The van der Waals surface area contributed by atoms with E-state index in [0.29, 0.717) is 6.54 Å². The van der Waals surface area contributed by atoms with Gasteiger partial charge in [-0.05, 0) is 30.2 Å². The van der Waals surface area contributed by atoms with Crippen LogP contribution in [0.4, 0.5) is 5.82 Å². The van der Waals surface area contributed by atoms with Crippen molar-refractivity contribution in [2.45, 2.75) is 33.0 Å². The second kappa shape index (κ2) is 7.17. The molecule has 0 amide bonds. The van der Waals surface area contributed by atoms with E-state index in [9.17, 15) is 0 Å². The van der Waals surface area contributed by atoms with E-state index in [1.54, 1.807) is 12.4 Å². The van der Waals surface area contributed by atoms with Crippen LogP contribution in [0.5, 0.6) is 0 Å². The number of pyridine rings is 2. The topological polar surface area (TPSA) is 66.8 Å². The molecule has 3 aromatic rings. The number of anilines is 1. The summed E-state index contributed by atoms with van der Waals surface area (Å²) in [4.78, 5) is 20.4. The Morgan fingerprint density at radius 2 is 1.92 bits per heavy atom. The zero-order chi connectivity index (χ0) is 17.9. The number of nitrogens with zero attached hydrogens (tertiary/aromatic N) is 5. The van der Waals surface area contributed by atoms with Crippen molar-refractivity contribution < 1.29 is 0 Å². The van der Waals surface area contributed by atoms with E-state index in [2.05, 4.69) is 46.3 Å². The summed E-state index contributed by atoms with van der Waals surface area (Å²) in [6, 6.07) is 8.13. The minimum absolute atomic E-state index is 0.712. The molecule has 0 atom stereocenters. The van der Waals surface area contributed by atoms with Gasteiger partial charge in [0.15, 0.2) is 5.82 Å². The summed E-state index contributed by atoms with van der Waals surface area (Å²) in [5, 5.41) is 3.38. The second-order valence-corrected chi connectivity index (χ2v) is 6.50. The van der Waals surface area contributed by atoms with Crippen molar-refractivity contribution >= 4 is 5.82 Å². The first-order valence-electron chi connectivity index (χ1n) is 8.90. The van der Waals surface area contributed by atoms with E-state index in [0.717, 1.165) is 48.1 Å². The van der Waals surface area contributed by atoms with E-state index < -0.39 is 0 Å². The molecule has 1 aliphatic heterocycles. The zero-order valence-corrected chi connectivity index (χ0v) is 15.1. The van der Waals surface area contributed by atoms with Crippen molar-refractivity contribution in [3.8, 4) is 11.4 Å². The van der Waals surface area contributed by atoms with E-state index in [1.165, 1.54) is 11.1 Å². The molecule has 0 aromatic carbocycles. The number of hydrogen-bond acceptors (Lipinski definition) is 6. The van der Waals surface area contributed by atoms with Gasteiger partial charge in [0.25, 0.3) is 0 Å². The number of fused-ring (bicyclic) bond motifs is 1. The van der Waals surface area contributed by atoms with Crippen LogP contribution in [0.25, 0.3) is 11.4 Å². The molecule has 4 rings (SSSR count). The molecule has 3 aromatic heterocycles. The molecule has 6 nitrogen and oxygen atoms in total. The third-order valence-corrected chi connectivity index (χ3v) is 4.66. The summed E-state index contributed by atoms with van der Waals surface area (Å²) in [5.41, 5.74) is 5.52. The molecule has 0 saturated heterocycles. The summed E-state index contributed by atoms with van der Waals surface area (Å²) >= 11 is 0. The van der Waals surface area contributed by atoms with Gasteiger partial charge in [0.1, 0.15) is 5.82 Å². The molecule has 0 unspecified atom stereocenters. The van der Waals surface area contributed by atoms with E-state index in [-0.39, 0.29) is 0 Å². The number of aryl methyl sites for hydroxylation is 1. The van der Waals surface area contributed by atoms with Crippen LogP contribution in [0, 0.1) is 0 Å². The van der Waals surface area contributed by atoms with Gasteiger partial charge in [-0.1, -0.05) is 13.0 Å². The molecular formula is C20H22N6. The first-order valence-corrected chi connectivity index (χ1v) is 8.90. The molecule has 1 aliphatic rings. The Balaban J connectivity index is 1.67. The fraction of sp³-hybridized carbons (Fsp3) is 0.300. The Bertz CT molecular complexity index is 892. The summed E-state index contributed by atoms with van der Waals surface area (Å²) < 4.78 is 0. The number of hydrogen-bond donors (Lipinski definition) is 1. The van der Waals surface area contributed by atoms with Gasteiger partial charge in [-0.2, -0.15) is 0 Å². The first kappa shape index (κ1) is 16.6. The van der Waals surface area contributed by atoms with Gasteiger partial charge >= 0.3 is 0 Å². The van der Waals surface area contributed by atoms with Crippen molar-refractivity contribution in [2.75, 3.05) is 11.9 Å². The average molecular weight is 346 g/mol. The van der Waals surface area contributed by atoms with Gasteiger partial charge in [0.2, 0.25) is 0 Å². The predicted molar refractivity (Wildman–Crippen MR) is 102 cm³/mol. The molecule has 0 radical (unpaired) electrons. The smallest absolute Gasteiger partial charge is 0.161 e. The van der Waals surface area contributed by atoms with E-state index >= 15 is 0 Å². The Labute approximate surface area is 153 Å². The summed E-state index contributed by atoms with van der Waals surface area (Å²) in [7, 11) is 2.06. The molecule has 4 heterocycles. The Kier molecular flexibility index (Phi) is 4.58. The van der Waals surface area contributed by atoms with Crippen molar-refractivity contribution in [2.24, 2.45) is 0 Å². The van der Waals surface area contributed by atoms with Crippen molar-refractivity contribution in [3.63, 3.8) is 0 Å². The molecule has 6 heteroatoms. The minimum Gasteiger partial charge on any atom is -0.353 e. The second-order valence-electron chi connectivity index (χ2n) is 6.50. The van der Waals surface area contributed by atoms with Gasteiger partial charge in [-0.3, -0.25) is 9.97 Å². The fourth-order valence-electron chi connectivity index (χ4n) is 3.17. The molecule has 0 saturated carbocycles. The van der Waals surface area contributed by atoms with Crippen LogP contribution in [-0.2, 0) is 26.1 Å². The SMILES string of the molecule is CCc1ccc(CN(C)c2nc(-c3ccncc3)nc3c2CNC3)nc1. The Hall–Kier alpha value is -2.86. The van der Waals surface area contributed by atoms with Crippen molar-refractivity contribution in [3.05, 3.63) is 65.4 Å². The van der Waals surface area contributed by atoms with Crippen LogP contribution >= 0.6 is 0 Å². The quantitative estimate of drug-likeness (QED) is 0.766.